The molecule has 2 aliphatic carbocycles. The molecule has 2 saturated carbocycles. The molecular formula is C46H54N8O6. The number of hydrogen-bond acceptors (Lipinski definition) is 10. The Kier molecular flexibility index (Phi) is 13.9. The highest BCUT2D eigenvalue weighted by Crippen LogP contribution is 2.38. The number of carbonyl (C=O) groups excluding carboxylic acids is 6. The van der Waals surface area contributed by atoms with Gasteiger partial charge in [0.2, 0.25) is 11.8 Å². The normalized spacial score (nSPS) is 21.2. The molecule has 60 heavy (non-hydrogen) atoms. The molecule has 14 heteroatoms. The number of benzene rings is 2. The maximum Gasteiger partial charge on any atom is 0.261 e. The summed E-state index contributed by atoms with van der Waals surface area (Å²) in [5, 5.41) is 6.77. The summed E-state index contributed by atoms with van der Waals surface area (Å²) in [6.07, 6.45) is 17.7. The van der Waals surface area contributed by atoms with Gasteiger partial charge in [-0.15, -0.1) is 0 Å². The molecule has 0 spiro atoms. The van der Waals surface area contributed by atoms with Gasteiger partial charge in [-0.25, -0.2) is 0 Å². The third-order valence-electron chi connectivity index (χ3n) is 12.4. The molecule has 2 aromatic carbocycles. The highest BCUT2D eigenvalue weighted by molar-refractivity contribution is 6.33. The Hall–Kier alpha value is -4.24. The van der Waals surface area contributed by atoms with Crippen LogP contribution in [0.25, 0.3) is 10.8 Å². The smallest absolute Gasteiger partial charge is 0.261 e. The van der Waals surface area contributed by atoms with Crippen molar-refractivity contribution in [1.29, 1.82) is 0 Å². The number of nitrogens with zero attached hydrogens (tertiary/aromatic N) is 6. The number of amides is 6. The van der Waals surface area contributed by atoms with Crippen molar-refractivity contribution in [3.8, 4) is 0 Å². The molecule has 4 fully saturated rings. The van der Waals surface area contributed by atoms with Gasteiger partial charge < -0.3 is 30.2 Å². The van der Waals surface area contributed by atoms with Gasteiger partial charge in [-0.3, -0.25) is 38.6 Å². The summed E-state index contributed by atoms with van der Waals surface area (Å²) >= 11 is 0. The third-order valence-corrected chi connectivity index (χ3v) is 12.4. The number of rotatable bonds is 18. The summed E-state index contributed by atoms with van der Waals surface area (Å²) < 4.78 is 0. The van der Waals surface area contributed by atoms with Crippen LogP contribution in [0.2, 0.25) is 0 Å². The van der Waals surface area contributed by atoms with Crippen LogP contribution in [0.3, 0.4) is 0 Å². The lowest BCUT2D eigenvalue weighted by molar-refractivity contribution is -0.119. The molecule has 4 heterocycles. The number of nitrogens with one attached hydrogen (secondary N) is 2. The minimum absolute atomic E-state index is 0.0394. The van der Waals surface area contributed by atoms with E-state index in [1.807, 2.05) is 51.4 Å². The maximum absolute atomic E-state index is 13.8. The van der Waals surface area contributed by atoms with Crippen LogP contribution in [-0.2, 0) is 9.59 Å². The average molecular weight is 815 g/mol. The van der Waals surface area contributed by atoms with Gasteiger partial charge in [-0.1, -0.05) is 0 Å². The third kappa shape index (κ3) is 9.46. The second kappa shape index (κ2) is 19.6. The average Bonchev–Trinajstić information content (AvgIpc) is 4.02. The van der Waals surface area contributed by atoms with E-state index in [0.29, 0.717) is 70.8 Å². The van der Waals surface area contributed by atoms with E-state index in [1.165, 1.54) is 9.80 Å². The molecule has 0 atom stereocenters. The van der Waals surface area contributed by atoms with Gasteiger partial charge in [0.1, 0.15) is 0 Å². The molecule has 4 aliphatic heterocycles. The van der Waals surface area contributed by atoms with Crippen molar-refractivity contribution in [2.24, 2.45) is 0 Å². The van der Waals surface area contributed by atoms with Gasteiger partial charge in [-0.2, -0.15) is 0 Å². The monoisotopic (exact) mass is 814 g/mol. The predicted octanol–water partition coefficient (Wildman–Crippen LogP) is 1.87. The van der Waals surface area contributed by atoms with Gasteiger partial charge in [0.15, 0.2) is 0 Å². The highest BCUT2D eigenvalue weighted by atomic mass is 16.2. The van der Waals surface area contributed by atoms with E-state index in [2.05, 4.69) is 30.2 Å². The molecule has 6 aliphatic rings. The van der Waals surface area contributed by atoms with Crippen molar-refractivity contribution in [3.05, 3.63) is 110 Å². The summed E-state index contributed by atoms with van der Waals surface area (Å²) in [5.41, 5.74) is 1.39. The zero-order valence-electron chi connectivity index (χ0n) is 34.2. The Morgan fingerprint density at radius 1 is 0.417 bits per heavy atom. The van der Waals surface area contributed by atoms with E-state index in [9.17, 15) is 28.8 Å². The lowest BCUT2D eigenvalue weighted by Crippen LogP contribution is -2.48. The fourth-order valence-electron chi connectivity index (χ4n) is 9.02. The summed E-state index contributed by atoms with van der Waals surface area (Å²) in [6.45, 7) is 12.4. The quantitative estimate of drug-likeness (QED) is 0.169. The van der Waals surface area contributed by atoms with Crippen molar-refractivity contribution < 1.29 is 28.8 Å². The Bertz CT molecular complexity index is 1720. The fourth-order valence-corrected chi connectivity index (χ4v) is 9.02. The Morgan fingerprint density at radius 3 is 1.00 bits per heavy atom. The number of carbonyl (C=O) groups is 6. The van der Waals surface area contributed by atoms with Crippen molar-refractivity contribution in [2.75, 3.05) is 105 Å². The SMILES string of the molecule is O=C(NCCCN1CCN(CCCN2C(=O)c3ccc4c5c(ccc(c35)C2=O)C(=O)N(CCCN2CCN(CCCNC(=O)[C]3[CH][CH][CH][CH]3)CC2)C4=O)CC1)[C]1[CH][CH][CH][CH]1. The van der Waals surface area contributed by atoms with Crippen LogP contribution in [0, 0.1) is 63.2 Å². The van der Waals surface area contributed by atoms with Gasteiger partial charge in [0.25, 0.3) is 23.6 Å². The first-order valence-corrected chi connectivity index (χ1v) is 21.5. The molecule has 10 radical (unpaired) electrons. The van der Waals surface area contributed by atoms with Crippen LogP contribution in [0.1, 0.15) is 67.1 Å². The molecule has 2 N–H and O–H groups in total. The van der Waals surface area contributed by atoms with E-state index < -0.39 is 23.6 Å². The van der Waals surface area contributed by atoms with E-state index in [0.717, 1.165) is 91.4 Å². The first-order valence-electron chi connectivity index (χ1n) is 21.5. The largest absolute Gasteiger partial charge is 0.356 e. The number of imide groups is 2. The lowest BCUT2D eigenvalue weighted by atomic mass is 9.86. The topological polar surface area (TPSA) is 146 Å². The van der Waals surface area contributed by atoms with Crippen LogP contribution in [0.4, 0.5) is 0 Å². The van der Waals surface area contributed by atoms with E-state index >= 15 is 0 Å². The zero-order chi connectivity index (χ0) is 41.6. The van der Waals surface area contributed by atoms with Crippen LogP contribution >= 0.6 is 0 Å². The Morgan fingerprint density at radius 2 is 0.700 bits per heavy atom. The van der Waals surface area contributed by atoms with Crippen molar-refractivity contribution in [2.45, 2.75) is 25.7 Å². The van der Waals surface area contributed by atoms with Crippen LogP contribution in [-0.4, -0.2) is 170 Å². The molecular weight excluding hydrogens is 761 g/mol. The number of piperazine rings is 2. The molecule has 0 bridgehead atoms. The lowest BCUT2D eigenvalue weighted by Gasteiger charge is -2.36. The molecule has 8 rings (SSSR count). The van der Waals surface area contributed by atoms with Gasteiger partial charge in [0, 0.05) is 112 Å². The van der Waals surface area contributed by atoms with Crippen LogP contribution in [0.15, 0.2) is 24.3 Å². The maximum atomic E-state index is 13.8. The van der Waals surface area contributed by atoms with E-state index in [1.54, 1.807) is 24.3 Å². The second-order valence-corrected chi connectivity index (χ2v) is 16.2. The molecule has 2 saturated heterocycles. The van der Waals surface area contributed by atoms with Crippen molar-refractivity contribution >= 4 is 46.2 Å². The van der Waals surface area contributed by atoms with Crippen molar-refractivity contribution in [3.63, 3.8) is 0 Å². The van der Waals surface area contributed by atoms with Crippen LogP contribution < -0.4 is 10.6 Å². The Balaban J connectivity index is 0.767. The minimum atomic E-state index is -0.394. The molecule has 2 aromatic rings. The second-order valence-electron chi connectivity index (χ2n) is 16.2. The first-order chi connectivity index (χ1) is 29.3. The molecule has 0 aromatic heterocycles. The van der Waals surface area contributed by atoms with Gasteiger partial charge >= 0.3 is 0 Å². The zero-order valence-corrected chi connectivity index (χ0v) is 34.2. The number of hydrogen-bond donors (Lipinski definition) is 2. The molecule has 14 nitrogen and oxygen atoms in total. The van der Waals surface area contributed by atoms with Crippen molar-refractivity contribution in [1.82, 2.24) is 40.0 Å². The van der Waals surface area contributed by atoms with Gasteiger partial charge in [0.05, 0.1) is 11.8 Å². The summed E-state index contributed by atoms with van der Waals surface area (Å²) in [4.78, 5) is 91.7. The highest BCUT2D eigenvalue weighted by Gasteiger charge is 2.39. The predicted molar refractivity (Wildman–Crippen MR) is 226 cm³/mol. The molecule has 314 valence electrons. The van der Waals surface area contributed by atoms with E-state index in [-0.39, 0.29) is 24.9 Å². The first kappa shape index (κ1) is 42.5. The molecule has 0 unspecified atom stereocenters. The minimum Gasteiger partial charge on any atom is -0.356 e. The molecule has 6 amide bonds. The standard InChI is InChI=1S/C46H54N8O6/c55-41(33-9-1-2-10-33)47-17-5-19-49-25-29-51(30-26-49)21-7-23-53-43(57)35-13-15-37-40-38(16-14-36(39(35)40)44(53)58)46(60)54(45(37)59)24-8-22-52-31-27-50(28-32-52)20-6-18-48-42(56)34-11-3-4-12-34/h1-4,9-16H,5-8,17-32H2,(H,47,55)(H,48,56). The van der Waals surface area contributed by atoms with E-state index in [4.69, 9.17) is 0 Å². The fraction of sp³-hybridized carbons (Fsp3) is 0.435. The summed E-state index contributed by atoms with van der Waals surface area (Å²) in [7, 11) is 0. The summed E-state index contributed by atoms with van der Waals surface area (Å²) in [6, 6.07) is 6.56. The van der Waals surface area contributed by atoms with Gasteiger partial charge in [-0.05, 0) is 127 Å². The van der Waals surface area contributed by atoms with Crippen LogP contribution in [0.5, 0.6) is 0 Å². The Labute approximate surface area is 354 Å². The summed E-state index contributed by atoms with van der Waals surface area (Å²) in [5.74, 6) is -0.280.